The molecule has 2 rings (SSSR count). The van der Waals surface area contributed by atoms with Crippen LogP contribution < -0.4 is 5.32 Å². The Bertz CT molecular complexity index is 427. The van der Waals surface area contributed by atoms with Crippen molar-refractivity contribution in [3.8, 4) is 0 Å². The average molecular weight is 293 g/mol. The monoisotopic (exact) mass is 293 g/mol. The van der Waals surface area contributed by atoms with E-state index in [1.165, 1.54) is 6.42 Å². The zero-order valence-corrected chi connectivity index (χ0v) is 13.8. The minimum Gasteiger partial charge on any atom is -0.389 e. The third kappa shape index (κ3) is 4.55. The zero-order chi connectivity index (χ0) is 15.3. The summed E-state index contributed by atoms with van der Waals surface area (Å²) in [5.74, 6) is 0.639. The van der Waals surface area contributed by atoms with Gasteiger partial charge in [0.15, 0.2) is 0 Å². The topological polar surface area (TPSA) is 50.1 Å². The van der Waals surface area contributed by atoms with E-state index in [1.54, 1.807) is 0 Å². The van der Waals surface area contributed by atoms with E-state index in [-0.39, 0.29) is 0 Å². The summed E-state index contributed by atoms with van der Waals surface area (Å²) in [5.41, 5.74) is 0.546. The Balaban J connectivity index is 1.81. The van der Waals surface area contributed by atoms with Crippen molar-refractivity contribution in [1.82, 2.24) is 15.1 Å². The average Bonchev–Trinajstić information content (AvgIpc) is 2.88. The quantitative estimate of drug-likeness (QED) is 0.811. The summed E-state index contributed by atoms with van der Waals surface area (Å²) in [5, 5.41) is 18.6. The van der Waals surface area contributed by atoms with Crippen LogP contribution in [0.15, 0.2) is 12.3 Å². The second kappa shape index (κ2) is 7.41. The third-order valence-electron chi connectivity index (χ3n) is 4.81. The van der Waals surface area contributed by atoms with Crippen LogP contribution in [0.3, 0.4) is 0 Å². The minimum atomic E-state index is -0.518. The van der Waals surface area contributed by atoms with Crippen LogP contribution in [0.5, 0.6) is 0 Å². The molecule has 4 nitrogen and oxygen atoms in total. The highest BCUT2D eigenvalue weighted by atomic mass is 16.3. The van der Waals surface area contributed by atoms with Crippen LogP contribution in [-0.2, 0) is 6.54 Å². The van der Waals surface area contributed by atoms with Gasteiger partial charge in [-0.25, -0.2) is 0 Å². The number of aliphatic hydroxyl groups is 1. The SMILES string of the molecule is CCC(CC)n1ccc(CNCC2(O)CCCC(C)C2)n1. The molecule has 1 heterocycles. The summed E-state index contributed by atoms with van der Waals surface area (Å²) in [7, 11) is 0. The third-order valence-corrected chi connectivity index (χ3v) is 4.81. The standard InChI is InChI=1S/C17H31N3O/c1-4-16(5-2)20-10-8-15(19-20)12-18-13-17(21)9-6-7-14(3)11-17/h8,10,14,16,18,21H,4-7,9,11-13H2,1-3H3. The smallest absolute Gasteiger partial charge is 0.0774 e. The lowest BCUT2D eigenvalue weighted by Gasteiger charge is -2.35. The van der Waals surface area contributed by atoms with Crippen LogP contribution in [0.1, 0.15) is 71.0 Å². The van der Waals surface area contributed by atoms with Crippen molar-refractivity contribution in [3.63, 3.8) is 0 Å². The molecular formula is C17H31N3O. The molecular weight excluding hydrogens is 262 g/mol. The van der Waals surface area contributed by atoms with Crippen LogP contribution in [0.25, 0.3) is 0 Å². The van der Waals surface area contributed by atoms with E-state index in [4.69, 9.17) is 0 Å². The summed E-state index contributed by atoms with van der Waals surface area (Å²) in [4.78, 5) is 0. The van der Waals surface area contributed by atoms with Crippen molar-refractivity contribution in [1.29, 1.82) is 0 Å². The highest BCUT2D eigenvalue weighted by Crippen LogP contribution is 2.31. The Labute approximate surface area is 128 Å². The molecule has 1 fully saturated rings. The number of aromatic nitrogens is 2. The van der Waals surface area contributed by atoms with Crippen molar-refractivity contribution in [2.75, 3.05) is 6.54 Å². The Morgan fingerprint density at radius 2 is 2.24 bits per heavy atom. The van der Waals surface area contributed by atoms with Crippen LogP contribution in [0.4, 0.5) is 0 Å². The van der Waals surface area contributed by atoms with Crippen molar-refractivity contribution < 1.29 is 5.11 Å². The molecule has 0 amide bonds. The molecule has 21 heavy (non-hydrogen) atoms. The summed E-state index contributed by atoms with van der Waals surface area (Å²) in [6.45, 7) is 8.06. The van der Waals surface area contributed by atoms with Crippen LogP contribution in [0.2, 0.25) is 0 Å². The van der Waals surface area contributed by atoms with Crippen LogP contribution in [-0.4, -0.2) is 27.0 Å². The van der Waals surface area contributed by atoms with Gasteiger partial charge in [0.2, 0.25) is 0 Å². The van der Waals surface area contributed by atoms with Gasteiger partial charge in [-0.3, -0.25) is 4.68 Å². The normalized spacial score (nSPS) is 26.4. The summed E-state index contributed by atoms with van der Waals surface area (Å²) < 4.78 is 2.08. The highest BCUT2D eigenvalue weighted by Gasteiger charge is 2.32. The second-order valence-corrected chi connectivity index (χ2v) is 6.79. The van der Waals surface area contributed by atoms with Gasteiger partial charge in [0.25, 0.3) is 0 Å². The van der Waals surface area contributed by atoms with Crippen LogP contribution >= 0.6 is 0 Å². The molecule has 1 aromatic rings. The van der Waals surface area contributed by atoms with Crippen molar-refractivity contribution >= 4 is 0 Å². The zero-order valence-electron chi connectivity index (χ0n) is 13.8. The van der Waals surface area contributed by atoms with Gasteiger partial charge in [-0.05, 0) is 37.7 Å². The van der Waals surface area contributed by atoms with Gasteiger partial charge in [-0.1, -0.05) is 33.6 Å². The highest BCUT2D eigenvalue weighted by molar-refractivity contribution is 5.00. The molecule has 1 aliphatic carbocycles. The molecule has 1 aliphatic rings. The van der Waals surface area contributed by atoms with Crippen molar-refractivity contribution in [3.05, 3.63) is 18.0 Å². The van der Waals surface area contributed by atoms with Gasteiger partial charge in [-0.15, -0.1) is 0 Å². The Morgan fingerprint density at radius 1 is 1.48 bits per heavy atom. The maximum Gasteiger partial charge on any atom is 0.0774 e. The Hall–Kier alpha value is -0.870. The van der Waals surface area contributed by atoms with E-state index < -0.39 is 5.60 Å². The summed E-state index contributed by atoms with van der Waals surface area (Å²) >= 11 is 0. The van der Waals surface area contributed by atoms with Gasteiger partial charge in [0.1, 0.15) is 0 Å². The van der Waals surface area contributed by atoms with E-state index in [2.05, 4.69) is 48.1 Å². The second-order valence-electron chi connectivity index (χ2n) is 6.79. The van der Waals surface area contributed by atoms with E-state index in [1.807, 2.05) is 0 Å². The molecule has 0 bridgehead atoms. The van der Waals surface area contributed by atoms with Gasteiger partial charge in [0.05, 0.1) is 17.3 Å². The molecule has 4 heteroatoms. The lowest BCUT2D eigenvalue weighted by atomic mass is 9.79. The van der Waals surface area contributed by atoms with Gasteiger partial charge >= 0.3 is 0 Å². The maximum atomic E-state index is 10.6. The summed E-state index contributed by atoms with van der Waals surface area (Å²) in [6.07, 6.45) is 8.54. The molecule has 1 saturated carbocycles. The van der Waals surface area contributed by atoms with Gasteiger partial charge in [-0.2, -0.15) is 5.10 Å². The Morgan fingerprint density at radius 3 is 2.90 bits per heavy atom. The first-order valence-electron chi connectivity index (χ1n) is 8.53. The van der Waals surface area contributed by atoms with Gasteiger partial charge in [0, 0.05) is 19.3 Å². The van der Waals surface area contributed by atoms with E-state index in [0.717, 1.165) is 44.3 Å². The van der Waals surface area contributed by atoms with E-state index in [9.17, 15) is 5.11 Å². The molecule has 2 atom stereocenters. The first-order chi connectivity index (χ1) is 10.1. The fraction of sp³-hybridized carbons (Fsp3) is 0.824. The number of hydrogen-bond acceptors (Lipinski definition) is 3. The Kier molecular flexibility index (Phi) is 5.82. The number of rotatable bonds is 7. The molecule has 0 saturated heterocycles. The summed E-state index contributed by atoms with van der Waals surface area (Å²) in [6, 6.07) is 2.58. The van der Waals surface area contributed by atoms with Crippen molar-refractivity contribution in [2.24, 2.45) is 5.92 Å². The molecule has 120 valence electrons. The fourth-order valence-corrected chi connectivity index (χ4v) is 3.55. The van der Waals surface area contributed by atoms with Crippen molar-refractivity contribution in [2.45, 2.75) is 77.5 Å². The van der Waals surface area contributed by atoms with E-state index >= 15 is 0 Å². The molecule has 2 N–H and O–H groups in total. The van der Waals surface area contributed by atoms with Crippen LogP contribution in [0, 0.1) is 5.92 Å². The molecule has 0 aliphatic heterocycles. The number of hydrogen-bond donors (Lipinski definition) is 2. The molecule has 0 spiro atoms. The maximum absolute atomic E-state index is 10.6. The largest absolute Gasteiger partial charge is 0.389 e. The minimum absolute atomic E-state index is 0.502. The first-order valence-corrected chi connectivity index (χ1v) is 8.53. The predicted molar refractivity (Wildman–Crippen MR) is 86.1 cm³/mol. The van der Waals surface area contributed by atoms with Gasteiger partial charge < -0.3 is 10.4 Å². The number of nitrogens with one attached hydrogen (secondary N) is 1. The predicted octanol–water partition coefficient (Wildman–Crippen LogP) is 3.28. The van der Waals surface area contributed by atoms with E-state index in [0.29, 0.717) is 18.5 Å². The number of nitrogens with zero attached hydrogens (tertiary/aromatic N) is 2. The molecule has 1 aromatic heterocycles. The molecule has 0 aromatic carbocycles. The molecule has 0 radical (unpaired) electrons. The lowest BCUT2D eigenvalue weighted by Crippen LogP contribution is -2.43. The first kappa shape index (κ1) is 16.5. The fourth-order valence-electron chi connectivity index (χ4n) is 3.55. The molecule has 2 unspecified atom stereocenters. The lowest BCUT2D eigenvalue weighted by molar-refractivity contribution is -0.0119.